The molecule has 22 heavy (non-hydrogen) atoms. The summed E-state index contributed by atoms with van der Waals surface area (Å²) in [4.78, 5) is 51.7. The van der Waals surface area contributed by atoms with E-state index in [-0.39, 0.29) is 19.3 Å². The third-order valence-corrected chi connectivity index (χ3v) is 3.22. The molecular formula is C15H16N2O5. The molecule has 1 atom stereocenters. The van der Waals surface area contributed by atoms with E-state index in [1.54, 1.807) is 37.3 Å². The summed E-state index contributed by atoms with van der Waals surface area (Å²) < 4.78 is 0. The first-order valence-electron chi connectivity index (χ1n) is 6.96. The van der Waals surface area contributed by atoms with Crippen LogP contribution in [0.4, 0.5) is 0 Å². The van der Waals surface area contributed by atoms with Gasteiger partial charge in [-0.1, -0.05) is 25.1 Å². The average molecular weight is 304 g/mol. The van der Waals surface area contributed by atoms with E-state index in [0.29, 0.717) is 10.6 Å². The minimum Gasteiger partial charge on any atom is -0.339 e. The van der Waals surface area contributed by atoms with Gasteiger partial charge in [-0.05, 0) is 18.6 Å². The van der Waals surface area contributed by atoms with Gasteiger partial charge in [0.15, 0.2) is 0 Å². The maximum absolute atomic E-state index is 12.0. The van der Waals surface area contributed by atoms with Gasteiger partial charge in [-0.25, -0.2) is 4.79 Å². The second kappa shape index (κ2) is 6.84. The second-order valence-electron chi connectivity index (χ2n) is 4.79. The lowest BCUT2D eigenvalue weighted by molar-refractivity contribution is -0.198. The number of carbonyl (C=O) groups excluding carboxylic acids is 4. The number of hydrogen-bond donors (Lipinski definition) is 1. The lowest BCUT2D eigenvalue weighted by Crippen LogP contribution is -2.45. The van der Waals surface area contributed by atoms with Gasteiger partial charge in [-0.15, -0.1) is 5.06 Å². The highest BCUT2D eigenvalue weighted by Crippen LogP contribution is 2.13. The normalized spacial score (nSPS) is 15.6. The van der Waals surface area contributed by atoms with Crippen LogP contribution in [0.15, 0.2) is 30.3 Å². The van der Waals surface area contributed by atoms with Gasteiger partial charge in [-0.3, -0.25) is 14.4 Å². The first kappa shape index (κ1) is 15.7. The highest BCUT2D eigenvalue weighted by atomic mass is 16.7. The van der Waals surface area contributed by atoms with Crippen LogP contribution in [-0.2, 0) is 19.2 Å². The molecule has 1 aromatic carbocycles. The average Bonchev–Trinajstić information content (AvgIpc) is 2.85. The van der Waals surface area contributed by atoms with Crippen LogP contribution in [0.25, 0.3) is 0 Å². The molecule has 0 radical (unpaired) electrons. The van der Waals surface area contributed by atoms with Gasteiger partial charge in [0.2, 0.25) is 0 Å². The van der Waals surface area contributed by atoms with E-state index in [9.17, 15) is 19.2 Å². The van der Waals surface area contributed by atoms with Crippen molar-refractivity contribution in [2.75, 3.05) is 0 Å². The smallest absolute Gasteiger partial charge is 0.339 e. The molecule has 0 spiro atoms. The first-order chi connectivity index (χ1) is 10.5. The Hall–Kier alpha value is -2.70. The molecule has 116 valence electrons. The van der Waals surface area contributed by atoms with Crippen molar-refractivity contribution in [3.8, 4) is 0 Å². The molecule has 7 nitrogen and oxygen atoms in total. The molecule has 0 bridgehead atoms. The van der Waals surface area contributed by atoms with Crippen molar-refractivity contribution in [1.82, 2.24) is 10.4 Å². The lowest BCUT2D eigenvalue weighted by Gasteiger charge is -2.19. The summed E-state index contributed by atoms with van der Waals surface area (Å²) >= 11 is 0. The van der Waals surface area contributed by atoms with E-state index >= 15 is 0 Å². The molecule has 1 heterocycles. The number of nitrogens with zero attached hydrogens (tertiary/aromatic N) is 1. The fraction of sp³-hybridized carbons (Fsp3) is 0.333. The Bertz CT molecular complexity index is 583. The molecule has 1 aromatic rings. The van der Waals surface area contributed by atoms with Crippen molar-refractivity contribution in [3.63, 3.8) is 0 Å². The molecule has 7 heteroatoms. The Balaban J connectivity index is 1.99. The highest BCUT2D eigenvalue weighted by Gasteiger charge is 2.34. The standard InChI is InChI=1S/C15H16N2O5/c1-2-11(16-14(20)10-6-4-3-5-7-10)15(21)22-17-12(18)8-9-13(17)19/h3-7,11H,2,8-9H2,1H3,(H,16,20). The number of hydroxylamine groups is 2. The summed E-state index contributed by atoms with van der Waals surface area (Å²) in [7, 11) is 0. The van der Waals surface area contributed by atoms with Crippen LogP contribution in [0.1, 0.15) is 36.5 Å². The van der Waals surface area contributed by atoms with Crippen molar-refractivity contribution in [3.05, 3.63) is 35.9 Å². The van der Waals surface area contributed by atoms with Gasteiger partial charge >= 0.3 is 5.97 Å². The van der Waals surface area contributed by atoms with Gasteiger partial charge in [0, 0.05) is 18.4 Å². The number of rotatable bonds is 5. The van der Waals surface area contributed by atoms with Crippen molar-refractivity contribution in [1.29, 1.82) is 0 Å². The number of carbonyl (C=O) groups is 4. The van der Waals surface area contributed by atoms with Gasteiger partial charge in [0.1, 0.15) is 6.04 Å². The van der Waals surface area contributed by atoms with E-state index in [4.69, 9.17) is 4.84 Å². The number of imide groups is 1. The predicted octanol–water partition coefficient (Wildman–Crippen LogP) is 0.802. The zero-order chi connectivity index (χ0) is 16.1. The molecule has 1 aliphatic heterocycles. The molecule has 1 N–H and O–H groups in total. The lowest BCUT2D eigenvalue weighted by atomic mass is 10.1. The minimum absolute atomic E-state index is 0.0271. The van der Waals surface area contributed by atoms with Gasteiger partial charge in [-0.2, -0.15) is 0 Å². The van der Waals surface area contributed by atoms with Crippen molar-refractivity contribution >= 4 is 23.7 Å². The fourth-order valence-electron chi connectivity index (χ4n) is 1.97. The number of benzene rings is 1. The Morgan fingerprint density at radius 1 is 1.18 bits per heavy atom. The summed E-state index contributed by atoms with van der Waals surface area (Å²) in [5, 5.41) is 3.00. The summed E-state index contributed by atoms with van der Waals surface area (Å²) in [5.74, 6) is -2.37. The molecule has 0 aliphatic carbocycles. The van der Waals surface area contributed by atoms with Gasteiger partial charge in [0.05, 0.1) is 0 Å². The molecule has 3 amide bonds. The number of amides is 3. The summed E-state index contributed by atoms with van der Waals surface area (Å²) in [5.41, 5.74) is 0.405. The monoisotopic (exact) mass is 304 g/mol. The zero-order valence-corrected chi connectivity index (χ0v) is 12.1. The number of hydrogen-bond acceptors (Lipinski definition) is 5. The molecule has 1 aliphatic rings. The summed E-state index contributed by atoms with van der Waals surface area (Å²) in [6.45, 7) is 1.69. The van der Waals surface area contributed by atoms with Crippen LogP contribution in [0.3, 0.4) is 0 Å². The maximum atomic E-state index is 12.0. The molecule has 0 saturated carbocycles. The van der Waals surface area contributed by atoms with E-state index < -0.39 is 29.7 Å². The van der Waals surface area contributed by atoms with E-state index in [1.807, 2.05) is 0 Å². The van der Waals surface area contributed by atoms with E-state index in [2.05, 4.69) is 5.32 Å². The number of nitrogens with one attached hydrogen (secondary N) is 1. The van der Waals surface area contributed by atoms with Crippen LogP contribution < -0.4 is 5.32 Å². The summed E-state index contributed by atoms with van der Waals surface area (Å²) in [6.07, 6.45) is 0.326. The Morgan fingerprint density at radius 2 is 1.77 bits per heavy atom. The SMILES string of the molecule is CCC(NC(=O)c1ccccc1)C(=O)ON1C(=O)CCC1=O. The largest absolute Gasteiger partial charge is 0.355 e. The molecule has 1 saturated heterocycles. The van der Waals surface area contributed by atoms with Crippen LogP contribution in [0, 0.1) is 0 Å². The van der Waals surface area contributed by atoms with Crippen molar-refractivity contribution in [2.45, 2.75) is 32.2 Å². The molecular weight excluding hydrogens is 288 g/mol. The topological polar surface area (TPSA) is 92.8 Å². The van der Waals surface area contributed by atoms with E-state index in [0.717, 1.165) is 0 Å². The first-order valence-corrected chi connectivity index (χ1v) is 6.96. The second-order valence-corrected chi connectivity index (χ2v) is 4.79. The highest BCUT2D eigenvalue weighted by molar-refractivity contribution is 6.02. The molecule has 1 unspecified atom stereocenters. The third kappa shape index (κ3) is 3.49. The van der Waals surface area contributed by atoms with Crippen molar-refractivity contribution in [2.24, 2.45) is 0 Å². The van der Waals surface area contributed by atoms with Crippen molar-refractivity contribution < 1.29 is 24.0 Å². The Labute approximate surface area is 127 Å². The predicted molar refractivity (Wildman–Crippen MR) is 75.2 cm³/mol. The van der Waals surface area contributed by atoms with E-state index in [1.165, 1.54) is 0 Å². The van der Waals surface area contributed by atoms with Crippen LogP contribution >= 0.6 is 0 Å². The Morgan fingerprint density at radius 3 is 2.32 bits per heavy atom. The fourth-order valence-corrected chi connectivity index (χ4v) is 1.97. The minimum atomic E-state index is -0.936. The van der Waals surface area contributed by atoms with Crippen LogP contribution in [-0.4, -0.2) is 34.8 Å². The molecule has 2 rings (SSSR count). The summed E-state index contributed by atoms with van der Waals surface area (Å²) in [6, 6.07) is 7.47. The maximum Gasteiger partial charge on any atom is 0.355 e. The van der Waals surface area contributed by atoms with Crippen LogP contribution in [0.2, 0.25) is 0 Å². The van der Waals surface area contributed by atoms with Gasteiger partial charge in [0.25, 0.3) is 17.7 Å². The van der Waals surface area contributed by atoms with Crippen LogP contribution in [0.5, 0.6) is 0 Å². The quantitative estimate of drug-likeness (QED) is 0.812. The molecule has 0 aromatic heterocycles. The zero-order valence-electron chi connectivity index (χ0n) is 12.1. The van der Waals surface area contributed by atoms with Gasteiger partial charge < -0.3 is 10.2 Å². The third-order valence-electron chi connectivity index (χ3n) is 3.22. The Kier molecular flexibility index (Phi) is 4.88. The molecule has 1 fully saturated rings.